The SMILES string of the molecule is Cc1ccc2c(c1)c(=O)n(-c1ccccc1F)c(=O)n2CC(=O)NC1CC1. The third kappa shape index (κ3) is 3.16. The van der Waals surface area contributed by atoms with E-state index in [0.717, 1.165) is 23.0 Å². The predicted molar refractivity (Wildman–Crippen MR) is 99.7 cm³/mol. The fraction of sp³-hybridized carbons (Fsp3) is 0.250. The molecule has 27 heavy (non-hydrogen) atoms. The number of halogens is 1. The smallest absolute Gasteiger partial charge is 0.336 e. The number of nitrogens with zero attached hydrogens (tertiary/aromatic N) is 2. The van der Waals surface area contributed by atoms with Crippen LogP contribution < -0.4 is 16.6 Å². The molecule has 4 rings (SSSR count). The molecule has 0 spiro atoms. The number of carbonyl (C=O) groups is 1. The lowest BCUT2D eigenvalue weighted by atomic mass is 10.1. The Balaban J connectivity index is 1.98. The maximum absolute atomic E-state index is 14.3. The molecule has 7 heteroatoms. The van der Waals surface area contributed by atoms with Crippen LogP contribution in [0.25, 0.3) is 16.6 Å². The lowest BCUT2D eigenvalue weighted by Gasteiger charge is -2.15. The highest BCUT2D eigenvalue weighted by Crippen LogP contribution is 2.19. The first-order valence-corrected chi connectivity index (χ1v) is 8.76. The van der Waals surface area contributed by atoms with Gasteiger partial charge in [-0.05, 0) is 44.0 Å². The van der Waals surface area contributed by atoms with Gasteiger partial charge < -0.3 is 5.32 Å². The molecule has 0 bridgehead atoms. The van der Waals surface area contributed by atoms with Crippen molar-refractivity contribution < 1.29 is 9.18 Å². The Labute approximate surface area is 153 Å². The molecule has 138 valence electrons. The fourth-order valence-corrected chi connectivity index (χ4v) is 3.13. The molecule has 1 amide bonds. The number of fused-ring (bicyclic) bond motifs is 1. The van der Waals surface area contributed by atoms with Gasteiger partial charge in [0.1, 0.15) is 12.4 Å². The molecular weight excluding hydrogens is 349 g/mol. The second-order valence-corrected chi connectivity index (χ2v) is 6.82. The third-order valence-corrected chi connectivity index (χ3v) is 4.64. The minimum atomic E-state index is -0.743. The Morgan fingerprint density at radius 1 is 1.19 bits per heavy atom. The fourth-order valence-electron chi connectivity index (χ4n) is 3.13. The largest absolute Gasteiger partial charge is 0.352 e. The number of rotatable bonds is 4. The molecule has 0 atom stereocenters. The molecule has 3 aromatic rings. The molecule has 1 fully saturated rings. The zero-order chi connectivity index (χ0) is 19.1. The summed E-state index contributed by atoms with van der Waals surface area (Å²) in [5.41, 5.74) is -0.302. The van der Waals surface area contributed by atoms with Crippen molar-refractivity contribution in [1.29, 1.82) is 0 Å². The number of para-hydroxylation sites is 1. The minimum absolute atomic E-state index is 0.132. The molecule has 1 N–H and O–H groups in total. The van der Waals surface area contributed by atoms with Crippen LogP contribution in [0.5, 0.6) is 0 Å². The Morgan fingerprint density at radius 2 is 1.93 bits per heavy atom. The number of amides is 1. The molecule has 1 aliphatic rings. The first-order valence-electron chi connectivity index (χ1n) is 8.76. The highest BCUT2D eigenvalue weighted by molar-refractivity contribution is 5.82. The monoisotopic (exact) mass is 367 g/mol. The van der Waals surface area contributed by atoms with E-state index in [9.17, 15) is 18.8 Å². The van der Waals surface area contributed by atoms with E-state index in [2.05, 4.69) is 5.32 Å². The van der Waals surface area contributed by atoms with Crippen molar-refractivity contribution in [2.45, 2.75) is 32.4 Å². The minimum Gasteiger partial charge on any atom is -0.352 e. The quantitative estimate of drug-likeness (QED) is 0.765. The molecule has 0 saturated heterocycles. The standard InChI is InChI=1S/C20H18FN3O3/c1-12-6-9-16-14(10-12)19(26)24(17-5-3-2-4-15(17)21)20(27)23(16)11-18(25)22-13-7-8-13/h2-6,9-10,13H,7-8,11H2,1H3,(H,22,25). The summed E-state index contributed by atoms with van der Waals surface area (Å²) in [6.07, 6.45) is 1.85. The first-order chi connectivity index (χ1) is 13.0. The van der Waals surface area contributed by atoms with Gasteiger partial charge in [0.25, 0.3) is 5.56 Å². The number of benzene rings is 2. The zero-order valence-electron chi connectivity index (χ0n) is 14.7. The Kier molecular flexibility index (Phi) is 4.14. The van der Waals surface area contributed by atoms with Crippen LogP contribution in [0.3, 0.4) is 0 Å². The van der Waals surface area contributed by atoms with Gasteiger partial charge in [0.05, 0.1) is 16.6 Å². The van der Waals surface area contributed by atoms with Crippen LogP contribution in [-0.4, -0.2) is 21.1 Å². The van der Waals surface area contributed by atoms with Gasteiger partial charge in [-0.25, -0.2) is 13.8 Å². The average Bonchev–Trinajstić information content (AvgIpc) is 3.44. The molecule has 1 saturated carbocycles. The molecule has 0 radical (unpaired) electrons. The van der Waals surface area contributed by atoms with Gasteiger partial charge in [-0.1, -0.05) is 23.8 Å². The topological polar surface area (TPSA) is 73.1 Å². The normalized spacial score (nSPS) is 13.7. The zero-order valence-corrected chi connectivity index (χ0v) is 14.7. The molecule has 1 aromatic heterocycles. The Hall–Kier alpha value is -3.22. The van der Waals surface area contributed by atoms with E-state index in [4.69, 9.17) is 0 Å². The van der Waals surface area contributed by atoms with Gasteiger partial charge in [-0.15, -0.1) is 0 Å². The van der Waals surface area contributed by atoms with Crippen LogP contribution in [0.2, 0.25) is 0 Å². The van der Waals surface area contributed by atoms with E-state index in [-0.39, 0.29) is 29.6 Å². The third-order valence-electron chi connectivity index (χ3n) is 4.64. The van der Waals surface area contributed by atoms with Gasteiger partial charge in [-0.2, -0.15) is 0 Å². The van der Waals surface area contributed by atoms with Crippen LogP contribution in [0.4, 0.5) is 4.39 Å². The Morgan fingerprint density at radius 3 is 2.63 bits per heavy atom. The van der Waals surface area contributed by atoms with Gasteiger partial charge >= 0.3 is 5.69 Å². The number of aromatic nitrogens is 2. The van der Waals surface area contributed by atoms with Gasteiger partial charge in [-0.3, -0.25) is 14.2 Å². The number of hydrogen-bond donors (Lipinski definition) is 1. The van der Waals surface area contributed by atoms with E-state index in [1.165, 1.54) is 22.8 Å². The number of carbonyl (C=O) groups excluding carboxylic acids is 1. The molecular formula is C20H18FN3O3. The predicted octanol–water partition coefficient (Wildman–Crippen LogP) is 1.88. The summed E-state index contributed by atoms with van der Waals surface area (Å²) in [5, 5.41) is 3.09. The second-order valence-electron chi connectivity index (χ2n) is 6.82. The van der Waals surface area contributed by atoms with E-state index in [0.29, 0.717) is 5.52 Å². The maximum atomic E-state index is 14.3. The number of aryl methyl sites for hydroxylation is 1. The number of hydrogen-bond acceptors (Lipinski definition) is 3. The van der Waals surface area contributed by atoms with Crippen molar-refractivity contribution in [3.05, 3.63) is 74.7 Å². The lowest BCUT2D eigenvalue weighted by Crippen LogP contribution is -2.42. The Bertz CT molecular complexity index is 1180. The highest BCUT2D eigenvalue weighted by Gasteiger charge is 2.24. The average molecular weight is 367 g/mol. The summed E-state index contributed by atoms with van der Waals surface area (Å²) >= 11 is 0. The molecule has 0 unspecified atom stereocenters. The van der Waals surface area contributed by atoms with Crippen LogP contribution in [0.15, 0.2) is 52.1 Å². The maximum Gasteiger partial charge on any atom is 0.336 e. The second kappa shape index (κ2) is 6.50. The summed E-state index contributed by atoms with van der Waals surface area (Å²) < 4.78 is 16.3. The van der Waals surface area contributed by atoms with E-state index >= 15 is 0 Å². The van der Waals surface area contributed by atoms with E-state index in [1.807, 2.05) is 6.92 Å². The van der Waals surface area contributed by atoms with E-state index in [1.54, 1.807) is 24.3 Å². The number of nitrogens with one attached hydrogen (secondary N) is 1. The van der Waals surface area contributed by atoms with Crippen molar-refractivity contribution >= 4 is 16.8 Å². The highest BCUT2D eigenvalue weighted by atomic mass is 19.1. The van der Waals surface area contributed by atoms with Crippen molar-refractivity contribution in [3.8, 4) is 5.69 Å². The molecule has 6 nitrogen and oxygen atoms in total. The summed E-state index contributed by atoms with van der Waals surface area (Å²) in [6.45, 7) is 1.59. The van der Waals surface area contributed by atoms with Crippen LogP contribution in [0, 0.1) is 12.7 Å². The summed E-state index contributed by atoms with van der Waals surface area (Å²) in [6, 6.07) is 10.8. The van der Waals surface area contributed by atoms with Crippen molar-refractivity contribution in [2.24, 2.45) is 0 Å². The van der Waals surface area contributed by atoms with Crippen molar-refractivity contribution in [2.75, 3.05) is 0 Å². The van der Waals surface area contributed by atoms with Crippen LogP contribution >= 0.6 is 0 Å². The van der Waals surface area contributed by atoms with Crippen LogP contribution in [0.1, 0.15) is 18.4 Å². The summed E-state index contributed by atoms with van der Waals surface area (Å²) in [4.78, 5) is 38.3. The summed E-state index contributed by atoms with van der Waals surface area (Å²) in [7, 11) is 0. The van der Waals surface area contributed by atoms with Crippen LogP contribution in [-0.2, 0) is 11.3 Å². The lowest BCUT2D eigenvalue weighted by molar-refractivity contribution is -0.121. The van der Waals surface area contributed by atoms with Crippen molar-refractivity contribution in [1.82, 2.24) is 14.5 Å². The van der Waals surface area contributed by atoms with Gasteiger partial charge in [0, 0.05) is 6.04 Å². The molecule has 1 heterocycles. The first kappa shape index (κ1) is 17.2. The van der Waals surface area contributed by atoms with Gasteiger partial charge in [0.15, 0.2) is 0 Å². The molecule has 2 aromatic carbocycles. The molecule has 0 aliphatic heterocycles. The summed E-state index contributed by atoms with van der Waals surface area (Å²) in [5.74, 6) is -0.988. The molecule has 1 aliphatic carbocycles. The van der Waals surface area contributed by atoms with Crippen molar-refractivity contribution in [3.63, 3.8) is 0 Å². The van der Waals surface area contributed by atoms with Gasteiger partial charge in [0.2, 0.25) is 5.91 Å². The van der Waals surface area contributed by atoms with E-state index < -0.39 is 17.1 Å².